The number of amides is 3. The van der Waals surface area contributed by atoms with E-state index in [9.17, 15) is 28.8 Å². The first-order valence-corrected chi connectivity index (χ1v) is 22.0. The number of ether oxygens (including phenoxy) is 1. The summed E-state index contributed by atoms with van der Waals surface area (Å²) in [5, 5.41) is 6.61. The Balaban J connectivity index is 1.02. The fraction of sp³-hybridized carbons (Fsp3) is 0.702. The molecule has 0 radical (unpaired) electrons. The number of rotatable bonds is 17. The van der Waals surface area contributed by atoms with Crippen LogP contribution in [0, 0.1) is 46.8 Å². The van der Waals surface area contributed by atoms with Crippen molar-refractivity contribution in [2.24, 2.45) is 46.8 Å². The number of hydrogen-bond donors (Lipinski definition) is 2. The van der Waals surface area contributed by atoms with Gasteiger partial charge in [0.2, 0.25) is 11.7 Å². The minimum Gasteiger partial charge on any atom is -0.455 e. The van der Waals surface area contributed by atoms with Gasteiger partial charge in [0.25, 0.3) is 0 Å². The molecule has 10 heteroatoms. The van der Waals surface area contributed by atoms with Gasteiger partial charge in [-0.25, -0.2) is 4.79 Å². The molecule has 4 bridgehead atoms. The Hall–Kier alpha value is -3.82. The van der Waals surface area contributed by atoms with Crippen LogP contribution < -0.4 is 10.6 Å². The molecular formula is C47H65N3O7. The van der Waals surface area contributed by atoms with Gasteiger partial charge in [-0.1, -0.05) is 69.5 Å². The molecule has 7 fully saturated rings. The Bertz CT molecular complexity index is 1690. The second-order valence-electron chi connectivity index (χ2n) is 19.9. The molecule has 57 heavy (non-hydrogen) atoms. The molecule has 1 aromatic rings. The predicted octanol–water partition coefficient (Wildman–Crippen LogP) is 7.62. The van der Waals surface area contributed by atoms with Crippen LogP contribution in [0.4, 0.5) is 4.79 Å². The lowest BCUT2D eigenvalue weighted by atomic mass is 9.53. The van der Waals surface area contributed by atoms with E-state index in [1.54, 1.807) is 24.8 Å². The van der Waals surface area contributed by atoms with Gasteiger partial charge < -0.3 is 20.3 Å². The number of nitrogens with one attached hydrogen (secondary N) is 2. The van der Waals surface area contributed by atoms with Gasteiger partial charge in [0, 0.05) is 30.8 Å². The molecule has 1 unspecified atom stereocenters. The zero-order valence-electron chi connectivity index (χ0n) is 34.7. The third-order valence-electron chi connectivity index (χ3n) is 15.1. The summed E-state index contributed by atoms with van der Waals surface area (Å²) in [6, 6.07) is 7.58. The molecule has 5 atom stereocenters. The molecule has 0 spiro atoms. The van der Waals surface area contributed by atoms with Crippen molar-refractivity contribution in [2.75, 3.05) is 6.54 Å². The Labute approximate surface area is 339 Å². The lowest BCUT2D eigenvalue weighted by Gasteiger charge is -2.56. The maximum atomic E-state index is 14.8. The van der Waals surface area contributed by atoms with Crippen LogP contribution in [0.2, 0.25) is 0 Å². The minimum absolute atomic E-state index is 0.0152. The number of Topliss-reactive ketones (excluding diaryl/α,β-unsaturated/α-hetero) is 3. The number of hydrogen-bond acceptors (Lipinski definition) is 7. The number of allylic oxidation sites excluding steroid dienone is 1. The van der Waals surface area contributed by atoms with Gasteiger partial charge in [-0.15, -0.1) is 6.58 Å². The summed E-state index contributed by atoms with van der Waals surface area (Å²) in [6.45, 7) is 12.0. The predicted molar refractivity (Wildman–Crippen MR) is 217 cm³/mol. The Morgan fingerprint density at radius 3 is 2.18 bits per heavy atom. The zero-order chi connectivity index (χ0) is 40.7. The van der Waals surface area contributed by atoms with Gasteiger partial charge in [0.1, 0.15) is 11.6 Å². The van der Waals surface area contributed by atoms with Gasteiger partial charge >= 0.3 is 12.0 Å². The third kappa shape index (κ3) is 8.80. The Morgan fingerprint density at radius 2 is 1.56 bits per heavy atom. The molecule has 10 nitrogen and oxygen atoms in total. The summed E-state index contributed by atoms with van der Waals surface area (Å²) in [7, 11) is 0. The van der Waals surface area contributed by atoms with Crippen LogP contribution in [0.25, 0.3) is 0 Å². The van der Waals surface area contributed by atoms with E-state index in [0.717, 1.165) is 56.9 Å². The average Bonchev–Trinajstić information content (AvgIpc) is 3.46. The summed E-state index contributed by atoms with van der Waals surface area (Å²) in [4.78, 5) is 84.9. The molecule has 8 rings (SSSR count). The summed E-state index contributed by atoms with van der Waals surface area (Å²) >= 11 is 0. The van der Waals surface area contributed by atoms with E-state index in [0.29, 0.717) is 30.7 Å². The molecule has 6 saturated carbocycles. The molecule has 6 aliphatic carbocycles. The van der Waals surface area contributed by atoms with E-state index in [-0.39, 0.29) is 72.1 Å². The SMILES string of the molecule is C=CCCC(CC(=O)[C@@H]1[C@@H]2[C@H](CN1C(=O)[C@@H](NC(=O)NC13CC4CC(CC(C4)C1)C3)C1CCCCC1)C2(C)C)C(=O)C(=O)CCC(=O)OC(C)(C)c1ccccc1. The summed E-state index contributed by atoms with van der Waals surface area (Å²) in [6.07, 6.45) is 13.3. The standard InChI is InChI=1S/C47H65N3O7/c1-6-7-14-33(42(54)36(51)19-20-38(53)57-46(4,5)34-17-12-9-13-18-34)24-37(52)41-39-35(45(39,2)3)28-50(41)43(55)40(32-15-10-8-11-16-32)48-44(56)49-47-25-29-21-30(26-47)23-31(22-29)27-47/h6,9,12-13,17-18,29-33,35,39-41H,1,7-8,10-11,14-16,19-28H2,2-5H3,(H2,48,49,56)/t29?,30?,31?,33?,35-,39-,40-,41+,47?/m0/s1. The highest BCUT2D eigenvalue weighted by Gasteiger charge is 2.69. The number of fused-ring (bicyclic) bond motifs is 1. The quantitative estimate of drug-likeness (QED) is 0.0942. The van der Waals surface area contributed by atoms with Crippen LogP contribution in [0.1, 0.15) is 136 Å². The lowest BCUT2D eigenvalue weighted by molar-refractivity contribution is -0.158. The molecule has 1 heterocycles. The van der Waals surface area contributed by atoms with E-state index in [2.05, 4.69) is 31.1 Å². The topological polar surface area (TPSA) is 139 Å². The van der Waals surface area contributed by atoms with Gasteiger partial charge in [-0.05, 0) is 125 Å². The zero-order valence-corrected chi connectivity index (χ0v) is 34.7. The number of urea groups is 1. The number of carbonyl (C=O) groups is 6. The smallest absolute Gasteiger partial charge is 0.315 e. The van der Waals surface area contributed by atoms with E-state index in [1.807, 2.05) is 30.3 Å². The molecule has 1 aromatic carbocycles. The van der Waals surface area contributed by atoms with Crippen molar-refractivity contribution in [1.29, 1.82) is 0 Å². The van der Waals surface area contributed by atoms with Crippen LogP contribution in [-0.4, -0.2) is 64.3 Å². The highest BCUT2D eigenvalue weighted by atomic mass is 16.6. The molecule has 1 aliphatic heterocycles. The van der Waals surface area contributed by atoms with Crippen molar-refractivity contribution in [3.63, 3.8) is 0 Å². The summed E-state index contributed by atoms with van der Waals surface area (Å²) in [5.41, 5.74) is -0.441. The van der Waals surface area contributed by atoms with E-state index < -0.39 is 41.1 Å². The highest BCUT2D eigenvalue weighted by Crippen LogP contribution is 2.65. The Kier molecular flexibility index (Phi) is 11.9. The second-order valence-corrected chi connectivity index (χ2v) is 19.9. The summed E-state index contributed by atoms with van der Waals surface area (Å²) in [5.74, 6) is -1.21. The largest absolute Gasteiger partial charge is 0.455 e. The maximum absolute atomic E-state index is 14.8. The van der Waals surface area contributed by atoms with Crippen molar-refractivity contribution in [3.05, 3.63) is 48.6 Å². The maximum Gasteiger partial charge on any atom is 0.315 e. The molecule has 2 N–H and O–H groups in total. The number of nitrogens with zero attached hydrogens (tertiary/aromatic N) is 1. The fourth-order valence-corrected chi connectivity index (χ4v) is 12.4. The Morgan fingerprint density at radius 1 is 0.930 bits per heavy atom. The number of likely N-dealkylation sites (tertiary alicyclic amines) is 1. The fourth-order valence-electron chi connectivity index (χ4n) is 12.4. The number of piperidine rings is 1. The van der Waals surface area contributed by atoms with Crippen molar-refractivity contribution in [3.8, 4) is 0 Å². The number of benzene rings is 1. The average molecular weight is 784 g/mol. The first kappa shape index (κ1) is 41.3. The molecule has 1 saturated heterocycles. The van der Waals surface area contributed by atoms with Crippen molar-refractivity contribution < 1.29 is 33.5 Å². The second kappa shape index (κ2) is 16.4. The molecule has 0 aromatic heterocycles. The van der Waals surface area contributed by atoms with Crippen LogP contribution in [0.3, 0.4) is 0 Å². The van der Waals surface area contributed by atoms with E-state index >= 15 is 0 Å². The molecule has 7 aliphatic rings. The monoisotopic (exact) mass is 783 g/mol. The first-order chi connectivity index (χ1) is 27.1. The van der Waals surface area contributed by atoms with Gasteiger partial charge in [-0.3, -0.25) is 24.0 Å². The van der Waals surface area contributed by atoms with Gasteiger partial charge in [0.15, 0.2) is 11.6 Å². The lowest BCUT2D eigenvalue weighted by Crippen LogP contribution is -2.64. The van der Waals surface area contributed by atoms with E-state index in [4.69, 9.17) is 4.74 Å². The van der Waals surface area contributed by atoms with Crippen molar-refractivity contribution >= 4 is 35.3 Å². The summed E-state index contributed by atoms with van der Waals surface area (Å²) < 4.78 is 5.69. The first-order valence-electron chi connectivity index (χ1n) is 22.0. The van der Waals surface area contributed by atoms with Gasteiger partial charge in [-0.2, -0.15) is 0 Å². The molecular weight excluding hydrogens is 719 g/mol. The van der Waals surface area contributed by atoms with Crippen molar-refractivity contribution in [1.82, 2.24) is 15.5 Å². The number of ketones is 3. The van der Waals surface area contributed by atoms with Crippen LogP contribution >= 0.6 is 0 Å². The molecule has 310 valence electrons. The number of esters is 1. The third-order valence-corrected chi connectivity index (χ3v) is 15.1. The number of carbonyl (C=O) groups excluding carboxylic acids is 6. The minimum atomic E-state index is -0.910. The van der Waals surface area contributed by atoms with Crippen LogP contribution in [0.5, 0.6) is 0 Å². The van der Waals surface area contributed by atoms with Crippen LogP contribution in [-0.2, 0) is 34.3 Å². The van der Waals surface area contributed by atoms with Gasteiger partial charge in [0.05, 0.1) is 12.5 Å². The van der Waals surface area contributed by atoms with Crippen molar-refractivity contribution in [2.45, 2.75) is 154 Å². The molecule has 3 amide bonds. The van der Waals surface area contributed by atoms with Crippen LogP contribution in [0.15, 0.2) is 43.0 Å². The normalized spacial score (nSPS) is 30.8. The highest BCUT2D eigenvalue weighted by molar-refractivity contribution is 6.38. The van der Waals surface area contributed by atoms with E-state index in [1.165, 1.54) is 19.3 Å².